The standard InChI is InChI=1S/C12H19N3O2.ClH/c1-10-3-2-4-11(9-10)15-12(16)14-6-8-17-7-5-13;/h2-4,9H,5-8,13H2,1H3,(H2,14,15,16);1H. The van der Waals surface area contributed by atoms with E-state index < -0.39 is 0 Å². The van der Waals surface area contributed by atoms with Crippen LogP contribution in [-0.4, -0.2) is 32.3 Å². The molecule has 0 saturated heterocycles. The first-order valence-electron chi connectivity index (χ1n) is 5.61. The molecule has 0 fully saturated rings. The Morgan fingerprint density at radius 2 is 2.17 bits per heavy atom. The highest BCUT2D eigenvalue weighted by molar-refractivity contribution is 5.89. The fourth-order valence-electron chi connectivity index (χ4n) is 1.32. The predicted molar refractivity (Wildman–Crippen MR) is 75.3 cm³/mol. The third kappa shape index (κ3) is 7.11. The molecule has 1 aromatic carbocycles. The van der Waals surface area contributed by atoms with Crippen LogP contribution in [0, 0.1) is 6.92 Å². The van der Waals surface area contributed by atoms with Gasteiger partial charge in [0, 0.05) is 18.8 Å². The molecular weight excluding hydrogens is 254 g/mol. The van der Waals surface area contributed by atoms with Crippen molar-refractivity contribution in [3.63, 3.8) is 0 Å². The summed E-state index contributed by atoms with van der Waals surface area (Å²) in [4.78, 5) is 11.5. The summed E-state index contributed by atoms with van der Waals surface area (Å²) in [6.45, 7) is 3.93. The van der Waals surface area contributed by atoms with Gasteiger partial charge in [-0.2, -0.15) is 0 Å². The highest BCUT2D eigenvalue weighted by atomic mass is 35.5. The number of ether oxygens (including phenoxy) is 1. The highest BCUT2D eigenvalue weighted by Gasteiger charge is 2.00. The summed E-state index contributed by atoms with van der Waals surface area (Å²) in [5.74, 6) is 0. The molecule has 0 aliphatic carbocycles. The Balaban J connectivity index is 0.00000289. The van der Waals surface area contributed by atoms with Gasteiger partial charge in [-0.05, 0) is 24.6 Å². The SMILES string of the molecule is Cc1cccc(NC(=O)NCCOCCN)c1.Cl. The second-order valence-electron chi connectivity index (χ2n) is 3.65. The largest absolute Gasteiger partial charge is 0.378 e. The van der Waals surface area contributed by atoms with Crippen LogP contribution in [0.2, 0.25) is 0 Å². The van der Waals surface area contributed by atoms with E-state index in [1.54, 1.807) is 0 Å². The van der Waals surface area contributed by atoms with Crippen molar-refractivity contribution >= 4 is 24.1 Å². The third-order valence-corrected chi connectivity index (χ3v) is 2.07. The number of carbonyl (C=O) groups is 1. The van der Waals surface area contributed by atoms with Gasteiger partial charge in [-0.3, -0.25) is 0 Å². The maximum absolute atomic E-state index is 11.5. The van der Waals surface area contributed by atoms with Crippen molar-refractivity contribution in [2.45, 2.75) is 6.92 Å². The topological polar surface area (TPSA) is 76.4 Å². The molecule has 102 valence electrons. The van der Waals surface area contributed by atoms with E-state index in [0.717, 1.165) is 11.3 Å². The lowest BCUT2D eigenvalue weighted by Gasteiger charge is -2.08. The highest BCUT2D eigenvalue weighted by Crippen LogP contribution is 2.08. The summed E-state index contributed by atoms with van der Waals surface area (Å²) >= 11 is 0. The molecule has 0 spiro atoms. The molecule has 4 N–H and O–H groups in total. The van der Waals surface area contributed by atoms with Gasteiger partial charge in [0.15, 0.2) is 0 Å². The van der Waals surface area contributed by atoms with Crippen molar-refractivity contribution in [2.24, 2.45) is 5.73 Å². The molecule has 18 heavy (non-hydrogen) atoms. The first-order chi connectivity index (χ1) is 8.22. The summed E-state index contributed by atoms with van der Waals surface area (Å²) in [6, 6.07) is 7.40. The number of amides is 2. The minimum atomic E-state index is -0.230. The summed E-state index contributed by atoms with van der Waals surface area (Å²) in [5, 5.41) is 5.44. The number of nitrogens with two attached hydrogens (primary N) is 1. The quantitative estimate of drug-likeness (QED) is 0.688. The number of benzene rings is 1. The van der Waals surface area contributed by atoms with Gasteiger partial charge >= 0.3 is 6.03 Å². The number of aryl methyl sites for hydroxylation is 1. The van der Waals surface area contributed by atoms with Crippen LogP contribution in [0.5, 0.6) is 0 Å². The molecule has 1 rings (SSSR count). The van der Waals surface area contributed by atoms with Crippen molar-refractivity contribution in [2.75, 3.05) is 31.6 Å². The van der Waals surface area contributed by atoms with E-state index in [0.29, 0.717) is 26.3 Å². The predicted octanol–water partition coefficient (Wildman–Crippen LogP) is 1.51. The number of carbonyl (C=O) groups excluding carboxylic acids is 1. The number of hydrogen-bond acceptors (Lipinski definition) is 3. The molecule has 0 aliphatic rings. The van der Waals surface area contributed by atoms with E-state index in [9.17, 15) is 4.79 Å². The van der Waals surface area contributed by atoms with Crippen LogP contribution in [0.4, 0.5) is 10.5 Å². The fraction of sp³-hybridized carbons (Fsp3) is 0.417. The molecular formula is C12H20ClN3O2. The second-order valence-corrected chi connectivity index (χ2v) is 3.65. The summed E-state index contributed by atoms with van der Waals surface area (Å²) in [7, 11) is 0. The second kappa shape index (κ2) is 9.70. The average molecular weight is 274 g/mol. The number of rotatable bonds is 6. The molecule has 0 heterocycles. The molecule has 0 aliphatic heterocycles. The molecule has 0 radical (unpaired) electrons. The zero-order chi connectivity index (χ0) is 12.5. The molecule has 0 saturated carbocycles. The average Bonchev–Trinajstić information content (AvgIpc) is 2.29. The molecule has 1 aromatic rings. The van der Waals surface area contributed by atoms with Crippen LogP contribution >= 0.6 is 12.4 Å². The first kappa shape index (κ1) is 16.7. The normalized spacial score (nSPS) is 9.44. The maximum atomic E-state index is 11.5. The Labute approximate surface area is 113 Å². The molecule has 0 bridgehead atoms. The van der Waals surface area contributed by atoms with Gasteiger partial charge in [0.1, 0.15) is 0 Å². The summed E-state index contributed by atoms with van der Waals surface area (Å²) in [5.41, 5.74) is 7.15. The Bertz CT molecular complexity index is 361. The van der Waals surface area contributed by atoms with Gasteiger partial charge in [0.2, 0.25) is 0 Å². The molecule has 5 nitrogen and oxygen atoms in total. The Kier molecular flexibility index (Phi) is 9.00. The lowest BCUT2D eigenvalue weighted by atomic mass is 10.2. The first-order valence-corrected chi connectivity index (χ1v) is 5.61. The number of hydrogen-bond donors (Lipinski definition) is 3. The Hall–Kier alpha value is -1.30. The number of urea groups is 1. The van der Waals surface area contributed by atoms with Crippen LogP contribution in [0.3, 0.4) is 0 Å². The Morgan fingerprint density at radius 1 is 1.39 bits per heavy atom. The maximum Gasteiger partial charge on any atom is 0.319 e. The lowest BCUT2D eigenvalue weighted by Crippen LogP contribution is -2.31. The Morgan fingerprint density at radius 3 is 2.83 bits per heavy atom. The van der Waals surface area contributed by atoms with Crippen molar-refractivity contribution in [1.82, 2.24) is 5.32 Å². The summed E-state index contributed by atoms with van der Waals surface area (Å²) in [6.07, 6.45) is 0. The van der Waals surface area contributed by atoms with Crippen LogP contribution < -0.4 is 16.4 Å². The van der Waals surface area contributed by atoms with Gasteiger partial charge in [-0.25, -0.2) is 4.79 Å². The zero-order valence-corrected chi connectivity index (χ0v) is 11.3. The molecule has 0 unspecified atom stereocenters. The number of anilines is 1. The number of halogens is 1. The summed E-state index contributed by atoms with van der Waals surface area (Å²) < 4.78 is 5.14. The van der Waals surface area contributed by atoms with E-state index in [2.05, 4.69) is 10.6 Å². The van der Waals surface area contributed by atoms with E-state index in [1.807, 2.05) is 31.2 Å². The van der Waals surface area contributed by atoms with Crippen LogP contribution in [0.25, 0.3) is 0 Å². The van der Waals surface area contributed by atoms with Gasteiger partial charge in [-0.15, -0.1) is 12.4 Å². The minimum absolute atomic E-state index is 0. The monoisotopic (exact) mass is 273 g/mol. The van der Waals surface area contributed by atoms with E-state index in [4.69, 9.17) is 10.5 Å². The molecule has 2 amide bonds. The van der Waals surface area contributed by atoms with Gasteiger partial charge in [-0.1, -0.05) is 12.1 Å². The number of nitrogens with one attached hydrogen (secondary N) is 2. The van der Waals surface area contributed by atoms with Crippen molar-refractivity contribution in [3.05, 3.63) is 29.8 Å². The van der Waals surface area contributed by atoms with Crippen molar-refractivity contribution in [1.29, 1.82) is 0 Å². The smallest absolute Gasteiger partial charge is 0.319 e. The lowest BCUT2D eigenvalue weighted by molar-refractivity contribution is 0.144. The van der Waals surface area contributed by atoms with Crippen LogP contribution in [0.15, 0.2) is 24.3 Å². The third-order valence-electron chi connectivity index (χ3n) is 2.07. The van der Waals surface area contributed by atoms with E-state index in [1.165, 1.54) is 0 Å². The minimum Gasteiger partial charge on any atom is -0.378 e. The van der Waals surface area contributed by atoms with E-state index >= 15 is 0 Å². The van der Waals surface area contributed by atoms with Crippen LogP contribution in [0.1, 0.15) is 5.56 Å². The zero-order valence-electron chi connectivity index (χ0n) is 10.4. The van der Waals surface area contributed by atoms with Gasteiger partial charge in [0.05, 0.1) is 13.2 Å². The van der Waals surface area contributed by atoms with Crippen LogP contribution in [-0.2, 0) is 4.74 Å². The van der Waals surface area contributed by atoms with Gasteiger partial charge in [0.25, 0.3) is 0 Å². The fourth-order valence-corrected chi connectivity index (χ4v) is 1.32. The van der Waals surface area contributed by atoms with Gasteiger partial charge < -0.3 is 21.1 Å². The molecule has 0 aromatic heterocycles. The van der Waals surface area contributed by atoms with E-state index in [-0.39, 0.29) is 18.4 Å². The van der Waals surface area contributed by atoms with Crippen molar-refractivity contribution < 1.29 is 9.53 Å². The molecule has 0 atom stereocenters. The molecule has 6 heteroatoms. The van der Waals surface area contributed by atoms with Crippen molar-refractivity contribution in [3.8, 4) is 0 Å².